The Kier molecular flexibility index (Phi) is 6.65. The van der Waals surface area contributed by atoms with E-state index >= 15 is 0 Å². The normalized spacial score (nSPS) is 23.9. The predicted octanol–water partition coefficient (Wildman–Crippen LogP) is 1.95. The van der Waals surface area contributed by atoms with E-state index in [1.54, 1.807) is 0 Å². The molecular formula is C14H28N2O2. The molecule has 0 aromatic rings. The number of carboxylic acids is 1. The van der Waals surface area contributed by atoms with E-state index in [9.17, 15) is 9.90 Å². The van der Waals surface area contributed by atoms with Crippen molar-refractivity contribution < 1.29 is 9.90 Å². The predicted molar refractivity (Wildman–Crippen MR) is 73.8 cm³/mol. The van der Waals surface area contributed by atoms with Crippen molar-refractivity contribution in [2.45, 2.75) is 58.5 Å². The van der Waals surface area contributed by atoms with Crippen LogP contribution in [0.2, 0.25) is 0 Å². The zero-order chi connectivity index (χ0) is 13.5. The van der Waals surface area contributed by atoms with Crippen LogP contribution < -0.4 is 5.32 Å². The lowest BCUT2D eigenvalue weighted by Gasteiger charge is -2.23. The molecule has 0 aromatic heterocycles. The van der Waals surface area contributed by atoms with Crippen molar-refractivity contribution in [2.75, 3.05) is 19.6 Å². The molecule has 0 saturated carbocycles. The van der Waals surface area contributed by atoms with Gasteiger partial charge in [-0.25, -0.2) is 0 Å². The minimum absolute atomic E-state index is 0.362. The quantitative estimate of drug-likeness (QED) is 0.762. The lowest BCUT2D eigenvalue weighted by Crippen LogP contribution is -2.44. The summed E-state index contributed by atoms with van der Waals surface area (Å²) < 4.78 is 0. The Morgan fingerprint density at radius 1 is 1.39 bits per heavy atom. The molecule has 0 amide bonds. The molecule has 1 heterocycles. The summed E-state index contributed by atoms with van der Waals surface area (Å²) in [5, 5.41) is 12.6. The number of nitrogens with zero attached hydrogens (tertiary/aromatic N) is 1. The molecule has 1 aliphatic rings. The van der Waals surface area contributed by atoms with Crippen LogP contribution in [0, 0.1) is 5.92 Å². The highest BCUT2D eigenvalue weighted by Gasteiger charge is 2.24. The molecule has 0 aromatic carbocycles. The highest BCUT2D eigenvalue weighted by atomic mass is 16.4. The molecule has 2 unspecified atom stereocenters. The van der Waals surface area contributed by atoms with Crippen molar-refractivity contribution in [1.82, 2.24) is 10.2 Å². The first-order valence-corrected chi connectivity index (χ1v) is 7.24. The van der Waals surface area contributed by atoms with Crippen LogP contribution in [-0.2, 0) is 4.79 Å². The molecule has 4 heteroatoms. The van der Waals surface area contributed by atoms with Gasteiger partial charge in [-0.1, -0.05) is 20.8 Å². The SMILES string of the molecule is CCN1CCCC(NC(CC(C)C)C(=O)O)CC1. The summed E-state index contributed by atoms with van der Waals surface area (Å²) in [5.41, 5.74) is 0. The third-order valence-corrected chi connectivity index (χ3v) is 3.71. The molecule has 1 fully saturated rings. The number of rotatable bonds is 6. The van der Waals surface area contributed by atoms with Crippen molar-refractivity contribution in [3.63, 3.8) is 0 Å². The summed E-state index contributed by atoms with van der Waals surface area (Å²) >= 11 is 0. The van der Waals surface area contributed by atoms with Gasteiger partial charge in [0.05, 0.1) is 0 Å². The van der Waals surface area contributed by atoms with Crippen LogP contribution in [0.4, 0.5) is 0 Å². The lowest BCUT2D eigenvalue weighted by atomic mass is 10.0. The number of aliphatic carboxylic acids is 1. The number of nitrogens with one attached hydrogen (secondary N) is 1. The van der Waals surface area contributed by atoms with Crippen molar-refractivity contribution >= 4 is 5.97 Å². The zero-order valence-electron chi connectivity index (χ0n) is 12.0. The number of carbonyl (C=O) groups is 1. The first kappa shape index (κ1) is 15.4. The molecular weight excluding hydrogens is 228 g/mol. The topological polar surface area (TPSA) is 52.6 Å². The minimum atomic E-state index is -0.708. The molecule has 0 radical (unpaired) electrons. The van der Waals surface area contributed by atoms with Crippen LogP contribution in [0.5, 0.6) is 0 Å². The van der Waals surface area contributed by atoms with Crippen LogP contribution in [0.25, 0.3) is 0 Å². The fourth-order valence-electron chi connectivity index (χ4n) is 2.63. The number of hydrogen-bond acceptors (Lipinski definition) is 3. The summed E-state index contributed by atoms with van der Waals surface area (Å²) in [6, 6.07) is -0.0235. The highest BCUT2D eigenvalue weighted by molar-refractivity contribution is 5.73. The monoisotopic (exact) mass is 256 g/mol. The highest BCUT2D eigenvalue weighted by Crippen LogP contribution is 2.13. The van der Waals surface area contributed by atoms with Crippen LogP contribution in [0.3, 0.4) is 0 Å². The lowest BCUT2D eigenvalue weighted by molar-refractivity contribution is -0.140. The van der Waals surface area contributed by atoms with E-state index in [4.69, 9.17) is 0 Å². The Morgan fingerprint density at radius 2 is 2.11 bits per heavy atom. The molecule has 1 aliphatic heterocycles. The van der Waals surface area contributed by atoms with Gasteiger partial charge in [0.1, 0.15) is 6.04 Å². The van der Waals surface area contributed by atoms with Crippen LogP contribution >= 0.6 is 0 Å². The number of hydrogen-bond donors (Lipinski definition) is 2. The molecule has 0 bridgehead atoms. The van der Waals surface area contributed by atoms with E-state index < -0.39 is 5.97 Å². The van der Waals surface area contributed by atoms with Gasteiger partial charge >= 0.3 is 5.97 Å². The largest absolute Gasteiger partial charge is 0.480 e. The van der Waals surface area contributed by atoms with Crippen molar-refractivity contribution in [3.8, 4) is 0 Å². The van der Waals surface area contributed by atoms with E-state index in [1.807, 2.05) is 0 Å². The molecule has 2 N–H and O–H groups in total. The van der Waals surface area contributed by atoms with Gasteiger partial charge in [-0.2, -0.15) is 0 Å². The Labute approximate surface area is 111 Å². The Bertz CT molecular complexity index is 256. The third-order valence-electron chi connectivity index (χ3n) is 3.71. The maximum Gasteiger partial charge on any atom is 0.320 e. The van der Waals surface area contributed by atoms with Gasteiger partial charge in [0.25, 0.3) is 0 Å². The summed E-state index contributed by atoms with van der Waals surface area (Å²) in [6.45, 7) is 9.67. The molecule has 106 valence electrons. The standard InChI is InChI=1S/C14H28N2O2/c1-4-16-8-5-6-12(7-9-16)15-13(14(17)18)10-11(2)3/h11-13,15H,4-10H2,1-3H3,(H,17,18). The van der Waals surface area contributed by atoms with E-state index in [0.29, 0.717) is 18.4 Å². The average molecular weight is 256 g/mol. The molecule has 0 aliphatic carbocycles. The maximum absolute atomic E-state index is 11.2. The second-order valence-corrected chi connectivity index (χ2v) is 5.75. The zero-order valence-corrected chi connectivity index (χ0v) is 12.0. The first-order valence-electron chi connectivity index (χ1n) is 7.24. The summed E-state index contributed by atoms with van der Waals surface area (Å²) in [4.78, 5) is 13.7. The van der Waals surface area contributed by atoms with Crippen molar-refractivity contribution in [1.29, 1.82) is 0 Å². The van der Waals surface area contributed by atoms with Crippen LogP contribution in [0.15, 0.2) is 0 Å². The van der Waals surface area contributed by atoms with E-state index in [1.165, 1.54) is 6.42 Å². The van der Waals surface area contributed by atoms with E-state index in [-0.39, 0.29) is 6.04 Å². The molecule has 0 spiro atoms. The van der Waals surface area contributed by atoms with Gasteiger partial charge < -0.3 is 15.3 Å². The van der Waals surface area contributed by atoms with Crippen LogP contribution in [-0.4, -0.2) is 47.7 Å². The Hall–Kier alpha value is -0.610. The molecule has 1 saturated heterocycles. The molecule has 4 nitrogen and oxygen atoms in total. The van der Waals surface area contributed by atoms with E-state index in [2.05, 4.69) is 31.0 Å². The van der Waals surface area contributed by atoms with Gasteiger partial charge in [-0.05, 0) is 51.2 Å². The van der Waals surface area contributed by atoms with Gasteiger partial charge in [0.2, 0.25) is 0 Å². The second kappa shape index (κ2) is 7.74. The Morgan fingerprint density at radius 3 is 2.67 bits per heavy atom. The fraction of sp³-hybridized carbons (Fsp3) is 0.929. The van der Waals surface area contributed by atoms with Gasteiger partial charge in [-0.15, -0.1) is 0 Å². The average Bonchev–Trinajstić information content (AvgIpc) is 2.52. The molecule has 18 heavy (non-hydrogen) atoms. The summed E-state index contributed by atoms with van der Waals surface area (Å²) in [5.74, 6) is -0.295. The fourth-order valence-corrected chi connectivity index (χ4v) is 2.63. The van der Waals surface area contributed by atoms with Crippen molar-refractivity contribution in [3.05, 3.63) is 0 Å². The molecule has 1 rings (SSSR count). The molecule has 2 atom stereocenters. The number of likely N-dealkylation sites (tertiary alicyclic amines) is 1. The van der Waals surface area contributed by atoms with E-state index in [0.717, 1.165) is 32.5 Å². The van der Waals surface area contributed by atoms with Crippen molar-refractivity contribution in [2.24, 2.45) is 5.92 Å². The maximum atomic E-state index is 11.2. The summed E-state index contributed by atoms with van der Waals surface area (Å²) in [7, 11) is 0. The minimum Gasteiger partial charge on any atom is -0.480 e. The summed E-state index contributed by atoms with van der Waals surface area (Å²) in [6.07, 6.45) is 4.04. The van der Waals surface area contributed by atoms with Gasteiger partial charge in [-0.3, -0.25) is 4.79 Å². The number of carboxylic acid groups (broad SMARTS) is 1. The Balaban J connectivity index is 2.45. The second-order valence-electron chi connectivity index (χ2n) is 5.75. The van der Waals surface area contributed by atoms with Gasteiger partial charge in [0, 0.05) is 6.04 Å². The smallest absolute Gasteiger partial charge is 0.320 e. The third kappa shape index (κ3) is 5.36. The van der Waals surface area contributed by atoms with Gasteiger partial charge in [0.15, 0.2) is 0 Å². The first-order chi connectivity index (χ1) is 8.52. The van der Waals surface area contributed by atoms with Crippen LogP contribution in [0.1, 0.15) is 46.5 Å².